The van der Waals surface area contributed by atoms with E-state index in [4.69, 9.17) is 4.74 Å². The predicted molar refractivity (Wildman–Crippen MR) is 133 cm³/mol. The van der Waals surface area contributed by atoms with Crippen LogP contribution in [0.5, 0.6) is 0 Å². The zero-order valence-corrected chi connectivity index (χ0v) is 21.0. The Balaban J connectivity index is 1.40. The van der Waals surface area contributed by atoms with Gasteiger partial charge in [-0.15, -0.1) is 0 Å². The minimum atomic E-state index is -3.35. The molecule has 1 aromatic heterocycles. The third kappa shape index (κ3) is 5.50. The van der Waals surface area contributed by atoms with Gasteiger partial charge in [-0.3, -0.25) is 10.2 Å². The van der Waals surface area contributed by atoms with Crippen molar-refractivity contribution in [3.63, 3.8) is 0 Å². The van der Waals surface area contributed by atoms with Crippen molar-refractivity contribution in [1.82, 2.24) is 20.0 Å². The molecule has 5 rings (SSSR count). The molecule has 2 atom stereocenters. The number of urea groups is 1. The number of benzene rings is 2. The second-order valence-corrected chi connectivity index (χ2v) is 11.4. The van der Waals surface area contributed by atoms with Gasteiger partial charge in [-0.2, -0.15) is 5.10 Å². The van der Waals surface area contributed by atoms with E-state index in [9.17, 15) is 22.0 Å². The molecule has 3 heterocycles. The smallest absolute Gasteiger partial charge is 0.320 e. The normalized spacial score (nSPS) is 20.6. The number of para-hydroxylation sites is 1. The zero-order chi connectivity index (χ0) is 26.2. The molecule has 9 nitrogen and oxygen atoms in total. The van der Waals surface area contributed by atoms with Gasteiger partial charge >= 0.3 is 6.03 Å². The summed E-state index contributed by atoms with van der Waals surface area (Å²) in [4.78, 5) is 15.3. The summed E-state index contributed by atoms with van der Waals surface area (Å²) in [5, 5.41) is 10.2. The monoisotopic (exact) mass is 531 g/mol. The van der Waals surface area contributed by atoms with Crippen LogP contribution in [0.2, 0.25) is 0 Å². The molecule has 0 unspecified atom stereocenters. The van der Waals surface area contributed by atoms with E-state index in [0.29, 0.717) is 48.7 Å². The van der Waals surface area contributed by atoms with Crippen LogP contribution in [0.4, 0.5) is 19.4 Å². The molecular formula is C25H27F2N5O4S. The number of carbonyl (C=O) groups is 1. The second kappa shape index (κ2) is 10.2. The fourth-order valence-corrected chi connectivity index (χ4v) is 6.49. The first kappa shape index (κ1) is 25.3. The Bertz CT molecular complexity index is 1390. The van der Waals surface area contributed by atoms with Gasteiger partial charge < -0.3 is 10.1 Å². The zero-order valence-electron chi connectivity index (χ0n) is 20.2. The minimum Gasteiger partial charge on any atom is -0.383 e. The summed E-state index contributed by atoms with van der Waals surface area (Å²) < 4.78 is 59.1. The summed E-state index contributed by atoms with van der Waals surface area (Å²) in [6.45, 7) is 1.99. The van der Waals surface area contributed by atoms with E-state index in [2.05, 4.69) is 20.6 Å². The number of rotatable bonds is 7. The van der Waals surface area contributed by atoms with Gasteiger partial charge in [0.1, 0.15) is 17.5 Å². The number of sulfone groups is 1. The Hall–Kier alpha value is -3.35. The van der Waals surface area contributed by atoms with Crippen molar-refractivity contribution in [2.75, 3.05) is 38.7 Å². The van der Waals surface area contributed by atoms with Crippen LogP contribution in [0.1, 0.15) is 22.7 Å². The summed E-state index contributed by atoms with van der Waals surface area (Å²) in [6, 6.07) is 11.4. The molecule has 12 heteroatoms. The number of carbonyl (C=O) groups excluding carboxylic acids is 1. The lowest BCUT2D eigenvalue weighted by Crippen LogP contribution is -2.42. The second-order valence-electron chi connectivity index (χ2n) is 9.32. The number of likely N-dealkylation sites (tertiary alicyclic amines) is 1. The molecule has 0 aliphatic carbocycles. The standard InChI is InChI=1S/C25H27F2N5O4S/c1-36-8-7-31-12-20(16-9-17(26)11-18(27)10-16)22(13-31)28-25(33)29-24-21-14-37(34,35)15-23(21)30-32(24)19-5-3-2-4-6-19/h2-6,9-11,20,22H,7-8,12-15H2,1H3,(H2,28,29,33)/t20-,22+/m0/s1. The molecule has 1 saturated heterocycles. The number of methoxy groups -OCH3 is 1. The van der Waals surface area contributed by atoms with E-state index in [0.717, 1.165) is 6.07 Å². The van der Waals surface area contributed by atoms with Crippen molar-refractivity contribution >= 4 is 21.7 Å². The Labute approximate surface area is 213 Å². The fourth-order valence-electron chi connectivity index (χ4n) is 5.00. The van der Waals surface area contributed by atoms with Crippen molar-refractivity contribution in [2.45, 2.75) is 23.5 Å². The molecule has 2 amide bonds. The van der Waals surface area contributed by atoms with E-state index >= 15 is 0 Å². The van der Waals surface area contributed by atoms with Crippen LogP contribution in [0, 0.1) is 11.6 Å². The third-order valence-electron chi connectivity index (χ3n) is 6.66. The molecule has 2 N–H and O–H groups in total. The van der Waals surface area contributed by atoms with Gasteiger partial charge in [-0.1, -0.05) is 18.2 Å². The molecule has 3 aromatic rings. The van der Waals surface area contributed by atoms with Gasteiger partial charge in [0, 0.05) is 44.3 Å². The van der Waals surface area contributed by atoms with E-state index < -0.39 is 33.5 Å². The van der Waals surface area contributed by atoms with E-state index in [1.165, 1.54) is 16.8 Å². The van der Waals surface area contributed by atoms with Crippen molar-refractivity contribution in [2.24, 2.45) is 0 Å². The third-order valence-corrected chi connectivity index (χ3v) is 8.10. The van der Waals surface area contributed by atoms with Crippen molar-refractivity contribution < 1.29 is 26.7 Å². The van der Waals surface area contributed by atoms with E-state index in [-0.39, 0.29) is 23.2 Å². The number of ether oxygens (including phenoxy) is 1. The highest BCUT2D eigenvalue weighted by Crippen LogP contribution is 2.33. The van der Waals surface area contributed by atoms with Crippen LogP contribution < -0.4 is 10.6 Å². The Kier molecular flexibility index (Phi) is 6.97. The molecule has 0 saturated carbocycles. The number of fused-ring (bicyclic) bond motifs is 1. The van der Waals surface area contributed by atoms with E-state index in [1.807, 2.05) is 18.2 Å². The number of halogens is 2. The number of nitrogens with zero attached hydrogens (tertiary/aromatic N) is 3. The summed E-state index contributed by atoms with van der Waals surface area (Å²) in [5.74, 6) is -1.86. The summed E-state index contributed by atoms with van der Waals surface area (Å²) in [7, 11) is -1.76. The van der Waals surface area contributed by atoms with Crippen molar-refractivity contribution in [3.8, 4) is 5.69 Å². The minimum absolute atomic E-state index is 0.192. The first-order valence-electron chi connectivity index (χ1n) is 11.8. The number of hydrogen-bond acceptors (Lipinski definition) is 6. The Morgan fingerprint density at radius 2 is 1.84 bits per heavy atom. The van der Waals surface area contributed by atoms with E-state index in [1.54, 1.807) is 19.2 Å². The van der Waals surface area contributed by atoms with Gasteiger partial charge in [-0.25, -0.2) is 26.7 Å². The maximum Gasteiger partial charge on any atom is 0.320 e. The maximum absolute atomic E-state index is 14.0. The molecule has 2 aromatic carbocycles. The SMILES string of the molecule is COCCN1C[C@@H](NC(=O)Nc2c3c(nn2-c2ccccc2)CS(=O)(=O)C3)[C@H](c2cc(F)cc(F)c2)C1. The van der Waals surface area contributed by atoms with Gasteiger partial charge in [0.15, 0.2) is 9.84 Å². The van der Waals surface area contributed by atoms with Gasteiger partial charge in [0.25, 0.3) is 0 Å². The van der Waals surface area contributed by atoms with Gasteiger partial charge in [0.05, 0.1) is 35.5 Å². The van der Waals surface area contributed by atoms with Crippen molar-refractivity contribution in [1.29, 1.82) is 0 Å². The lowest BCUT2D eigenvalue weighted by Gasteiger charge is -2.21. The molecule has 2 aliphatic heterocycles. The lowest BCUT2D eigenvalue weighted by molar-refractivity contribution is 0.159. The Morgan fingerprint density at radius 1 is 1.11 bits per heavy atom. The average molecular weight is 532 g/mol. The highest BCUT2D eigenvalue weighted by atomic mass is 32.2. The number of amides is 2. The average Bonchev–Trinajstić information content (AvgIpc) is 3.48. The maximum atomic E-state index is 14.0. The molecule has 0 radical (unpaired) electrons. The molecule has 196 valence electrons. The number of aromatic nitrogens is 2. The number of hydrogen-bond donors (Lipinski definition) is 2. The highest BCUT2D eigenvalue weighted by Gasteiger charge is 2.37. The Morgan fingerprint density at radius 3 is 2.54 bits per heavy atom. The molecule has 37 heavy (non-hydrogen) atoms. The molecule has 0 bridgehead atoms. The molecule has 2 aliphatic rings. The molecular weight excluding hydrogens is 504 g/mol. The summed E-state index contributed by atoms with van der Waals surface area (Å²) >= 11 is 0. The van der Waals surface area contributed by atoms with Crippen LogP contribution in [-0.4, -0.2) is 68.5 Å². The quantitative estimate of drug-likeness (QED) is 0.486. The highest BCUT2D eigenvalue weighted by molar-refractivity contribution is 7.90. The van der Waals surface area contributed by atoms with Crippen molar-refractivity contribution in [3.05, 3.63) is 77.0 Å². The molecule has 1 fully saturated rings. The first-order chi connectivity index (χ1) is 17.7. The topological polar surface area (TPSA) is 106 Å². The molecule has 0 spiro atoms. The fraction of sp³-hybridized carbons (Fsp3) is 0.360. The van der Waals surface area contributed by atoms with Crippen LogP contribution >= 0.6 is 0 Å². The summed E-state index contributed by atoms with van der Waals surface area (Å²) in [5.41, 5.74) is 1.98. The first-order valence-corrected chi connectivity index (χ1v) is 13.7. The summed E-state index contributed by atoms with van der Waals surface area (Å²) in [6.07, 6.45) is 0. The lowest BCUT2D eigenvalue weighted by atomic mass is 9.94. The van der Waals surface area contributed by atoms with Crippen LogP contribution in [0.25, 0.3) is 5.69 Å². The predicted octanol–water partition coefficient (Wildman–Crippen LogP) is 2.81. The van der Waals surface area contributed by atoms with Gasteiger partial charge in [-0.05, 0) is 29.8 Å². The number of nitrogens with one attached hydrogen (secondary N) is 2. The largest absolute Gasteiger partial charge is 0.383 e. The van der Waals surface area contributed by atoms with Crippen LogP contribution in [-0.2, 0) is 26.1 Å². The number of anilines is 1. The van der Waals surface area contributed by atoms with Crippen LogP contribution in [0.3, 0.4) is 0 Å². The van der Waals surface area contributed by atoms with Gasteiger partial charge in [0.2, 0.25) is 0 Å². The van der Waals surface area contributed by atoms with Crippen LogP contribution in [0.15, 0.2) is 48.5 Å².